The van der Waals surface area contributed by atoms with Crippen molar-refractivity contribution in [3.63, 3.8) is 0 Å². The Kier molecular flexibility index (Phi) is 5.30. The summed E-state index contributed by atoms with van der Waals surface area (Å²) in [6, 6.07) is 6.61. The second kappa shape index (κ2) is 7.65. The maximum Gasteiger partial charge on any atom is 0.220 e. The number of aromatic hydroxyl groups is 2. The number of aryl methyl sites for hydroxylation is 3. The van der Waals surface area contributed by atoms with Gasteiger partial charge in [-0.2, -0.15) is 5.10 Å². The summed E-state index contributed by atoms with van der Waals surface area (Å²) in [5.41, 5.74) is 5.57. The van der Waals surface area contributed by atoms with E-state index in [9.17, 15) is 15.0 Å². The van der Waals surface area contributed by atoms with Crippen molar-refractivity contribution in [3.05, 3.63) is 52.5 Å². The number of fused-ring (bicyclic) bond motifs is 1. The zero-order valence-corrected chi connectivity index (χ0v) is 15.8. The molecule has 0 unspecified atom stereocenters. The van der Waals surface area contributed by atoms with Gasteiger partial charge in [0.2, 0.25) is 5.91 Å². The molecule has 3 rings (SSSR count). The Morgan fingerprint density at radius 1 is 1.11 bits per heavy atom. The van der Waals surface area contributed by atoms with Gasteiger partial charge in [0.05, 0.1) is 5.69 Å². The number of amides is 1. The smallest absolute Gasteiger partial charge is 0.220 e. The lowest BCUT2D eigenvalue weighted by Gasteiger charge is -2.11. The normalized spacial score (nSPS) is 11.1. The third kappa shape index (κ3) is 4.19. The predicted octanol–water partition coefficient (Wildman–Crippen LogP) is 2.36. The maximum atomic E-state index is 12.2. The van der Waals surface area contributed by atoms with E-state index < -0.39 is 0 Å². The molecule has 0 spiro atoms. The summed E-state index contributed by atoms with van der Waals surface area (Å²) in [5.74, 6) is -0.332. The average molecular weight is 368 g/mol. The first-order valence-corrected chi connectivity index (χ1v) is 8.95. The van der Waals surface area contributed by atoms with Gasteiger partial charge < -0.3 is 15.5 Å². The minimum absolute atomic E-state index is 0.0338. The van der Waals surface area contributed by atoms with E-state index in [4.69, 9.17) is 0 Å². The highest BCUT2D eigenvalue weighted by Crippen LogP contribution is 2.24. The minimum Gasteiger partial charge on any atom is -0.504 e. The number of phenolic OH excluding ortho intramolecular Hbond substituents is 2. The molecule has 7 heteroatoms. The Balaban J connectivity index is 1.56. The van der Waals surface area contributed by atoms with E-state index in [2.05, 4.69) is 15.4 Å². The van der Waals surface area contributed by atoms with Crippen LogP contribution in [0.3, 0.4) is 0 Å². The lowest BCUT2D eigenvalue weighted by Crippen LogP contribution is -2.26. The Hall–Kier alpha value is -3.09. The molecule has 2 aromatic heterocycles. The van der Waals surface area contributed by atoms with E-state index in [0.29, 0.717) is 25.8 Å². The number of nitrogens with one attached hydrogen (secondary N) is 1. The van der Waals surface area contributed by atoms with Gasteiger partial charge in [0.25, 0.3) is 0 Å². The molecule has 0 bridgehead atoms. The molecule has 0 atom stereocenters. The van der Waals surface area contributed by atoms with E-state index >= 15 is 0 Å². The van der Waals surface area contributed by atoms with Crippen molar-refractivity contribution in [3.8, 4) is 11.5 Å². The van der Waals surface area contributed by atoms with Crippen molar-refractivity contribution >= 4 is 11.6 Å². The van der Waals surface area contributed by atoms with Crippen LogP contribution in [0.1, 0.15) is 34.6 Å². The molecule has 0 aliphatic heterocycles. The van der Waals surface area contributed by atoms with Crippen molar-refractivity contribution in [1.29, 1.82) is 0 Å². The molecule has 7 nitrogen and oxygen atoms in total. The van der Waals surface area contributed by atoms with Gasteiger partial charge in [0, 0.05) is 30.4 Å². The molecule has 0 aliphatic rings. The third-order valence-corrected chi connectivity index (χ3v) is 4.66. The molecule has 0 fully saturated rings. The highest BCUT2D eigenvalue weighted by atomic mass is 16.3. The van der Waals surface area contributed by atoms with Crippen LogP contribution in [0.25, 0.3) is 5.65 Å². The van der Waals surface area contributed by atoms with Gasteiger partial charge in [-0.25, -0.2) is 9.50 Å². The second-order valence-electron chi connectivity index (χ2n) is 6.74. The van der Waals surface area contributed by atoms with E-state index in [1.54, 1.807) is 6.07 Å². The number of hydrogen-bond donors (Lipinski definition) is 3. The third-order valence-electron chi connectivity index (χ3n) is 4.66. The number of phenols is 2. The van der Waals surface area contributed by atoms with Crippen molar-refractivity contribution in [2.24, 2.45) is 0 Å². The van der Waals surface area contributed by atoms with Gasteiger partial charge in [-0.05, 0) is 56.9 Å². The fourth-order valence-electron chi connectivity index (χ4n) is 3.20. The molecule has 142 valence electrons. The van der Waals surface area contributed by atoms with Crippen LogP contribution in [0.2, 0.25) is 0 Å². The molecule has 0 saturated heterocycles. The first-order valence-electron chi connectivity index (χ1n) is 8.95. The zero-order valence-electron chi connectivity index (χ0n) is 15.8. The Labute approximate surface area is 157 Å². The van der Waals surface area contributed by atoms with Crippen LogP contribution in [0.4, 0.5) is 0 Å². The summed E-state index contributed by atoms with van der Waals surface area (Å²) < 4.78 is 1.83. The van der Waals surface area contributed by atoms with Crippen LogP contribution < -0.4 is 5.32 Å². The molecule has 0 radical (unpaired) electrons. The van der Waals surface area contributed by atoms with Crippen molar-refractivity contribution in [2.45, 2.75) is 40.0 Å². The largest absolute Gasteiger partial charge is 0.504 e. The van der Waals surface area contributed by atoms with Crippen LogP contribution in [0.15, 0.2) is 24.3 Å². The van der Waals surface area contributed by atoms with Gasteiger partial charge >= 0.3 is 0 Å². The predicted molar refractivity (Wildman–Crippen MR) is 102 cm³/mol. The standard InChI is InChI=1S/C20H24N4O3/c1-12-10-19-22-13(2)16(14(3)24(19)23-12)5-7-20(27)21-9-8-15-4-6-17(25)18(26)11-15/h4,6,10-11,25-26H,5,7-9H2,1-3H3,(H,21,27). The lowest BCUT2D eigenvalue weighted by atomic mass is 10.1. The monoisotopic (exact) mass is 368 g/mol. The lowest BCUT2D eigenvalue weighted by molar-refractivity contribution is -0.121. The van der Waals surface area contributed by atoms with E-state index in [0.717, 1.165) is 33.9 Å². The molecular formula is C20H24N4O3. The first kappa shape index (κ1) is 18.7. The Morgan fingerprint density at radius 3 is 2.63 bits per heavy atom. The number of carbonyl (C=O) groups is 1. The van der Waals surface area contributed by atoms with Crippen LogP contribution in [0.5, 0.6) is 11.5 Å². The second-order valence-corrected chi connectivity index (χ2v) is 6.74. The number of hydrogen-bond acceptors (Lipinski definition) is 5. The molecule has 1 amide bonds. The Bertz CT molecular complexity index is 995. The van der Waals surface area contributed by atoms with Gasteiger partial charge in [-0.3, -0.25) is 4.79 Å². The molecule has 1 aromatic carbocycles. The molecule has 2 heterocycles. The van der Waals surface area contributed by atoms with Gasteiger partial charge in [0.1, 0.15) is 0 Å². The molecule has 27 heavy (non-hydrogen) atoms. The highest BCUT2D eigenvalue weighted by Gasteiger charge is 2.12. The van der Waals surface area contributed by atoms with E-state index in [1.807, 2.05) is 31.4 Å². The average Bonchev–Trinajstić information content (AvgIpc) is 2.98. The van der Waals surface area contributed by atoms with E-state index in [1.165, 1.54) is 12.1 Å². The van der Waals surface area contributed by atoms with Crippen molar-refractivity contribution < 1.29 is 15.0 Å². The van der Waals surface area contributed by atoms with Crippen LogP contribution in [0, 0.1) is 20.8 Å². The molecular weight excluding hydrogens is 344 g/mol. The van der Waals surface area contributed by atoms with E-state index in [-0.39, 0.29) is 17.4 Å². The summed E-state index contributed by atoms with van der Waals surface area (Å²) in [4.78, 5) is 16.8. The summed E-state index contributed by atoms with van der Waals surface area (Å²) in [5, 5.41) is 26.2. The van der Waals surface area contributed by atoms with Gasteiger partial charge in [0.15, 0.2) is 17.1 Å². The summed E-state index contributed by atoms with van der Waals surface area (Å²) >= 11 is 0. The Morgan fingerprint density at radius 2 is 1.89 bits per heavy atom. The number of aromatic nitrogens is 3. The van der Waals surface area contributed by atoms with Crippen molar-refractivity contribution in [2.75, 3.05) is 6.54 Å². The highest BCUT2D eigenvalue weighted by molar-refractivity contribution is 5.76. The van der Waals surface area contributed by atoms with Crippen LogP contribution in [-0.4, -0.2) is 37.3 Å². The van der Waals surface area contributed by atoms with Crippen LogP contribution >= 0.6 is 0 Å². The fourth-order valence-corrected chi connectivity index (χ4v) is 3.20. The zero-order chi connectivity index (χ0) is 19.6. The fraction of sp³-hybridized carbons (Fsp3) is 0.350. The van der Waals surface area contributed by atoms with Gasteiger partial charge in [-0.15, -0.1) is 0 Å². The summed E-state index contributed by atoms with van der Waals surface area (Å²) in [6.07, 6.45) is 1.55. The SMILES string of the molecule is Cc1cc2nc(C)c(CCC(=O)NCCc3ccc(O)c(O)c3)c(C)n2n1. The molecule has 3 N–H and O–H groups in total. The van der Waals surface area contributed by atoms with Crippen LogP contribution in [-0.2, 0) is 17.6 Å². The number of benzene rings is 1. The maximum absolute atomic E-state index is 12.2. The molecule has 3 aromatic rings. The number of rotatable bonds is 6. The van der Waals surface area contributed by atoms with Gasteiger partial charge in [-0.1, -0.05) is 6.07 Å². The number of carbonyl (C=O) groups excluding carboxylic acids is 1. The topological polar surface area (TPSA) is 99.8 Å². The quantitative estimate of drug-likeness (QED) is 0.580. The number of nitrogens with zero attached hydrogens (tertiary/aromatic N) is 3. The first-order chi connectivity index (χ1) is 12.8. The molecule has 0 aliphatic carbocycles. The summed E-state index contributed by atoms with van der Waals surface area (Å²) in [7, 11) is 0. The molecule has 0 saturated carbocycles. The van der Waals surface area contributed by atoms with Crippen molar-refractivity contribution in [1.82, 2.24) is 19.9 Å². The minimum atomic E-state index is -0.151. The summed E-state index contributed by atoms with van der Waals surface area (Å²) in [6.45, 7) is 6.36.